The van der Waals surface area contributed by atoms with Crippen molar-refractivity contribution in [3.8, 4) is 5.75 Å². The second kappa shape index (κ2) is 6.90. The average molecular weight is 258 g/mol. The number of rotatable bonds is 6. The number of aryl methyl sites for hydroxylation is 1. The zero-order valence-corrected chi connectivity index (χ0v) is 10.1. The fraction of sp³-hybridized carbons (Fsp3) is 0.417. The number of halogens is 2. The normalized spacial score (nSPS) is 10.5. The Labute approximate surface area is 104 Å². The number of amides is 1. The summed E-state index contributed by atoms with van der Waals surface area (Å²) in [5.41, 5.74) is 6.48. The van der Waals surface area contributed by atoms with Gasteiger partial charge in [0.05, 0.1) is 0 Å². The van der Waals surface area contributed by atoms with Crippen LogP contribution in [0.5, 0.6) is 5.75 Å². The summed E-state index contributed by atoms with van der Waals surface area (Å²) >= 11 is 0. The Morgan fingerprint density at radius 2 is 2.22 bits per heavy atom. The minimum absolute atomic E-state index is 0.209. The first-order valence-electron chi connectivity index (χ1n) is 5.54. The van der Waals surface area contributed by atoms with E-state index in [0.717, 1.165) is 5.56 Å². The standard InChI is InChI=1S/C12H16F2N2O2/c1-8-2-3-9(16-12(17)4-5-15)6-10(8)18-7-11(13)14/h2-3,6,11H,4-5,7,15H2,1H3,(H,16,17). The summed E-state index contributed by atoms with van der Waals surface area (Å²) in [6, 6.07) is 4.89. The van der Waals surface area contributed by atoms with Crippen LogP contribution >= 0.6 is 0 Å². The third kappa shape index (κ3) is 4.67. The van der Waals surface area contributed by atoms with Gasteiger partial charge in [-0.3, -0.25) is 4.79 Å². The second-order valence-corrected chi connectivity index (χ2v) is 3.77. The predicted octanol–water partition coefficient (Wildman–Crippen LogP) is 1.93. The molecular formula is C12H16F2N2O2. The van der Waals surface area contributed by atoms with Crippen molar-refractivity contribution in [3.05, 3.63) is 23.8 Å². The molecule has 100 valence electrons. The molecule has 1 rings (SSSR count). The predicted molar refractivity (Wildman–Crippen MR) is 65.0 cm³/mol. The fourth-order valence-electron chi connectivity index (χ4n) is 1.34. The lowest BCUT2D eigenvalue weighted by atomic mass is 10.2. The number of nitrogens with one attached hydrogen (secondary N) is 1. The summed E-state index contributed by atoms with van der Waals surface area (Å²) in [4.78, 5) is 11.3. The highest BCUT2D eigenvalue weighted by Gasteiger charge is 2.08. The molecule has 0 aliphatic heterocycles. The number of carbonyl (C=O) groups excluding carboxylic acids is 1. The van der Waals surface area contributed by atoms with Crippen LogP contribution in [0, 0.1) is 6.92 Å². The summed E-state index contributed by atoms with van der Waals surface area (Å²) in [5, 5.41) is 2.61. The Hall–Kier alpha value is -1.69. The van der Waals surface area contributed by atoms with Crippen LogP contribution in [0.3, 0.4) is 0 Å². The van der Waals surface area contributed by atoms with Crippen molar-refractivity contribution in [2.75, 3.05) is 18.5 Å². The Morgan fingerprint density at radius 3 is 2.83 bits per heavy atom. The van der Waals surface area contributed by atoms with Crippen LogP contribution in [0.4, 0.5) is 14.5 Å². The summed E-state index contributed by atoms with van der Waals surface area (Å²) in [6.07, 6.45) is -2.32. The number of hydrogen-bond donors (Lipinski definition) is 2. The first kappa shape index (κ1) is 14.4. The van der Waals surface area contributed by atoms with E-state index in [1.165, 1.54) is 6.07 Å². The third-order valence-corrected chi connectivity index (χ3v) is 2.21. The maximum absolute atomic E-state index is 12.1. The van der Waals surface area contributed by atoms with E-state index in [2.05, 4.69) is 5.32 Å². The summed E-state index contributed by atoms with van der Waals surface area (Å²) in [7, 11) is 0. The molecule has 0 saturated heterocycles. The van der Waals surface area contributed by atoms with Gasteiger partial charge in [-0.2, -0.15) is 0 Å². The van der Waals surface area contributed by atoms with Gasteiger partial charge >= 0.3 is 0 Å². The minimum Gasteiger partial charge on any atom is -0.487 e. The molecule has 0 unspecified atom stereocenters. The van der Waals surface area contributed by atoms with Crippen LogP contribution in [0.1, 0.15) is 12.0 Å². The Kier molecular flexibility index (Phi) is 5.51. The van der Waals surface area contributed by atoms with Crippen molar-refractivity contribution < 1.29 is 18.3 Å². The van der Waals surface area contributed by atoms with Gasteiger partial charge < -0.3 is 15.8 Å². The van der Waals surface area contributed by atoms with Crippen molar-refractivity contribution in [2.45, 2.75) is 19.8 Å². The van der Waals surface area contributed by atoms with Gasteiger partial charge in [0.25, 0.3) is 6.43 Å². The molecule has 0 radical (unpaired) electrons. The highest BCUT2D eigenvalue weighted by Crippen LogP contribution is 2.23. The van der Waals surface area contributed by atoms with Gasteiger partial charge in [0.15, 0.2) is 0 Å². The largest absolute Gasteiger partial charge is 0.487 e. The first-order chi connectivity index (χ1) is 8.52. The van der Waals surface area contributed by atoms with Crippen LogP contribution in [-0.2, 0) is 4.79 Å². The smallest absolute Gasteiger partial charge is 0.272 e. The van der Waals surface area contributed by atoms with E-state index in [9.17, 15) is 13.6 Å². The molecule has 0 heterocycles. The maximum atomic E-state index is 12.1. The van der Waals surface area contributed by atoms with E-state index in [-0.39, 0.29) is 18.9 Å². The fourth-order valence-corrected chi connectivity index (χ4v) is 1.34. The van der Waals surface area contributed by atoms with Crippen molar-refractivity contribution in [1.29, 1.82) is 0 Å². The van der Waals surface area contributed by atoms with Crippen molar-refractivity contribution >= 4 is 11.6 Å². The second-order valence-electron chi connectivity index (χ2n) is 3.77. The molecule has 6 heteroatoms. The summed E-state index contributed by atoms with van der Waals surface area (Å²) < 4.78 is 29.1. The Morgan fingerprint density at radius 1 is 1.50 bits per heavy atom. The number of ether oxygens (including phenoxy) is 1. The lowest BCUT2D eigenvalue weighted by Gasteiger charge is -2.11. The highest BCUT2D eigenvalue weighted by atomic mass is 19.3. The average Bonchev–Trinajstić information content (AvgIpc) is 2.30. The molecule has 1 aromatic carbocycles. The molecule has 0 fully saturated rings. The van der Waals surface area contributed by atoms with Crippen LogP contribution in [0.25, 0.3) is 0 Å². The zero-order valence-electron chi connectivity index (χ0n) is 10.1. The number of carbonyl (C=O) groups is 1. The first-order valence-corrected chi connectivity index (χ1v) is 5.54. The van der Waals surface area contributed by atoms with Gasteiger partial charge in [-0.15, -0.1) is 0 Å². The molecule has 18 heavy (non-hydrogen) atoms. The molecule has 0 aliphatic rings. The van der Waals surface area contributed by atoms with Gasteiger partial charge in [0.1, 0.15) is 12.4 Å². The highest BCUT2D eigenvalue weighted by molar-refractivity contribution is 5.91. The number of hydrogen-bond acceptors (Lipinski definition) is 3. The lowest BCUT2D eigenvalue weighted by molar-refractivity contribution is -0.116. The van der Waals surface area contributed by atoms with Gasteiger partial charge in [-0.25, -0.2) is 8.78 Å². The van der Waals surface area contributed by atoms with Crippen molar-refractivity contribution in [3.63, 3.8) is 0 Å². The lowest BCUT2D eigenvalue weighted by Crippen LogP contribution is -2.16. The van der Waals surface area contributed by atoms with Crippen molar-refractivity contribution in [1.82, 2.24) is 0 Å². The topological polar surface area (TPSA) is 64.4 Å². The van der Waals surface area contributed by atoms with Gasteiger partial charge in [-0.05, 0) is 18.6 Å². The van der Waals surface area contributed by atoms with Crippen LogP contribution < -0.4 is 15.8 Å². The Balaban J connectivity index is 2.70. The summed E-state index contributed by atoms with van der Waals surface area (Å²) in [5.74, 6) is 0.113. The number of benzene rings is 1. The minimum atomic E-state index is -2.53. The van der Waals surface area contributed by atoms with E-state index < -0.39 is 13.0 Å². The molecule has 0 atom stereocenters. The van der Waals surface area contributed by atoms with Gasteiger partial charge in [0, 0.05) is 24.7 Å². The molecule has 1 amide bonds. The number of anilines is 1. The Bertz CT molecular complexity index is 411. The van der Waals surface area contributed by atoms with E-state index >= 15 is 0 Å². The van der Waals surface area contributed by atoms with Gasteiger partial charge in [-0.1, -0.05) is 6.07 Å². The number of alkyl halides is 2. The molecule has 0 spiro atoms. The molecule has 0 aromatic heterocycles. The monoisotopic (exact) mass is 258 g/mol. The number of nitrogens with two attached hydrogens (primary N) is 1. The molecule has 1 aromatic rings. The van der Waals surface area contributed by atoms with E-state index in [4.69, 9.17) is 10.5 Å². The molecule has 0 saturated carbocycles. The maximum Gasteiger partial charge on any atom is 0.272 e. The molecule has 0 aliphatic carbocycles. The van der Waals surface area contributed by atoms with E-state index in [1.54, 1.807) is 19.1 Å². The van der Waals surface area contributed by atoms with Crippen LogP contribution in [0.2, 0.25) is 0 Å². The molecule has 0 bridgehead atoms. The van der Waals surface area contributed by atoms with E-state index in [1.807, 2.05) is 0 Å². The zero-order chi connectivity index (χ0) is 13.5. The van der Waals surface area contributed by atoms with Gasteiger partial charge in [0.2, 0.25) is 5.91 Å². The van der Waals surface area contributed by atoms with E-state index in [0.29, 0.717) is 11.4 Å². The quantitative estimate of drug-likeness (QED) is 0.819. The molecule has 4 nitrogen and oxygen atoms in total. The van der Waals surface area contributed by atoms with Crippen molar-refractivity contribution in [2.24, 2.45) is 5.73 Å². The molecule has 3 N–H and O–H groups in total. The molecular weight excluding hydrogens is 242 g/mol. The SMILES string of the molecule is Cc1ccc(NC(=O)CCN)cc1OCC(F)F. The van der Waals surface area contributed by atoms with Crippen LogP contribution in [0.15, 0.2) is 18.2 Å². The summed E-state index contributed by atoms with van der Waals surface area (Å²) in [6.45, 7) is 1.33. The third-order valence-electron chi connectivity index (χ3n) is 2.21. The van der Waals surface area contributed by atoms with Crippen LogP contribution in [-0.4, -0.2) is 25.5 Å².